The van der Waals surface area contributed by atoms with Gasteiger partial charge in [-0.2, -0.15) is 0 Å². The molecule has 0 radical (unpaired) electrons. The summed E-state index contributed by atoms with van der Waals surface area (Å²) in [7, 11) is 1.59. The van der Waals surface area contributed by atoms with Gasteiger partial charge in [-0.1, -0.05) is 32.9 Å². The average molecular weight is 521 g/mol. The van der Waals surface area contributed by atoms with E-state index < -0.39 is 12.1 Å². The van der Waals surface area contributed by atoms with Gasteiger partial charge in [-0.05, 0) is 36.4 Å². The number of alkyl halides is 1. The van der Waals surface area contributed by atoms with Gasteiger partial charge in [0.15, 0.2) is 6.17 Å². The predicted octanol–water partition coefficient (Wildman–Crippen LogP) is 5.31. The van der Waals surface area contributed by atoms with Crippen molar-refractivity contribution in [3.05, 3.63) is 70.3 Å². The Bertz CT molecular complexity index is 1380. The molecule has 1 aromatic carbocycles. The highest BCUT2D eigenvalue weighted by Gasteiger charge is 2.40. The lowest BCUT2D eigenvalue weighted by molar-refractivity contribution is 0.217. The van der Waals surface area contributed by atoms with Crippen LogP contribution in [0.25, 0.3) is 11.4 Å². The number of benzene rings is 1. The molecule has 0 bridgehead atoms. The predicted molar refractivity (Wildman–Crippen MR) is 144 cm³/mol. The van der Waals surface area contributed by atoms with E-state index in [9.17, 15) is 4.79 Å². The van der Waals surface area contributed by atoms with E-state index >= 15 is 4.39 Å². The molecule has 1 fully saturated rings. The molecule has 37 heavy (non-hydrogen) atoms. The summed E-state index contributed by atoms with van der Waals surface area (Å²) in [4.78, 5) is 30.5. The molecule has 2 amide bonds. The van der Waals surface area contributed by atoms with E-state index in [2.05, 4.69) is 30.7 Å². The van der Waals surface area contributed by atoms with Gasteiger partial charge in [0.25, 0.3) is 0 Å². The maximum absolute atomic E-state index is 16.3. The SMILES string of the molecule is COc1ccc(N2CCN(C3=CC=CC(c4sc(C(C)(C)C)nc4-c4ccnc(N)n4)C3F)C2=O)cc1. The Morgan fingerprint density at radius 1 is 1.11 bits per heavy atom. The molecule has 3 heterocycles. The van der Waals surface area contributed by atoms with Crippen molar-refractivity contribution in [1.82, 2.24) is 19.9 Å². The van der Waals surface area contributed by atoms with Crippen LogP contribution in [-0.4, -0.2) is 52.3 Å². The minimum absolute atomic E-state index is 0.131. The molecule has 1 aliphatic carbocycles. The standard InChI is InChI=1S/C27H29FN6O2S/c1-27(2,3)24-32-22(19-12-13-30-25(29)31-19)23(37-24)18-6-5-7-20(21(18)28)34-15-14-33(26(34)35)16-8-10-17(36-4)11-9-16/h5-13,18,21H,14-15H2,1-4H3,(H2,29,30,31). The third kappa shape index (κ3) is 4.69. The number of thiazole rings is 1. The first-order chi connectivity index (χ1) is 17.7. The molecule has 2 atom stereocenters. The number of halogens is 1. The number of carbonyl (C=O) groups is 1. The number of ether oxygens (including phenoxy) is 1. The summed E-state index contributed by atoms with van der Waals surface area (Å²) in [5.74, 6) is 0.216. The highest BCUT2D eigenvalue weighted by molar-refractivity contribution is 7.12. The Balaban J connectivity index is 1.45. The maximum Gasteiger partial charge on any atom is 0.328 e. The van der Waals surface area contributed by atoms with Crippen LogP contribution in [0.15, 0.2) is 60.5 Å². The number of urea groups is 1. The molecule has 0 spiro atoms. The van der Waals surface area contributed by atoms with Gasteiger partial charge in [-0.3, -0.25) is 9.80 Å². The minimum atomic E-state index is -1.43. The molecular weight excluding hydrogens is 491 g/mol. The minimum Gasteiger partial charge on any atom is -0.497 e. The number of anilines is 2. The lowest BCUT2D eigenvalue weighted by Gasteiger charge is -2.29. The molecule has 1 saturated heterocycles. The van der Waals surface area contributed by atoms with Gasteiger partial charge in [-0.15, -0.1) is 11.3 Å². The molecule has 10 heteroatoms. The van der Waals surface area contributed by atoms with Crippen LogP contribution in [-0.2, 0) is 5.41 Å². The third-order valence-electron chi connectivity index (χ3n) is 6.40. The van der Waals surface area contributed by atoms with Crippen LogP contribution in [0.5, 0.6) is 5.75 Å². The molecular formula is C27H29FN6O2S. The summed E-state index contributed by atoms with van der Waals surface area (Å²) in [6, 6.07) is 8.75. The van der Waals surface area contributed by atoms with Crippen molar-refractivity contribution in [2.24, 2.45) is 0 Å². The smallest absolute Gasteiger partial charge is 0.328 e. The Kier molecular flexibility index (Phi) is 6.45. The van der Waals surface area contributed by atoms with Crippen LogP contribution in [0.3, 0.4) is 0 Å². The highest BCUT2D eigenvalue weighted by atomic mass is 32.1. The summed E-state index contributed by atoms with van der Waals surface area (Å²) >= 11 is 1.47. The van der Waals surface area contributed by atoms with E-state index in [1.807, 2.05) is 24.3 Å². The fourth-order valence-electron chi connectivity index (χ4n) is 4.45. The molecule has 3 aromatic rings. The lowest BCUT2D eigenvalue weighted by atomic mass is 9.92. The molecule has 2 N–H and O–H groups in total. The maximum atomic E-state index is 16.3. The van der Waals surface area contributed by atoms with E-state index in [1.54, 1.807) is 42.5 Å². The van der Waals surface area contributed by atoms with Gasteiger partial charge in [0.1, 0.15) is 11.4 Å². The van der Waals surface area contributed by atoms with Crippen LogP contribution in [0.1, 0.15) is 36.6 Å². The van der Waals surface area contributed by atoms with Gasteiger partial charge in [0, 0.05) is 35.3 Å². The summed E-state index contributed by atoms with van der Waals surface area (Å²) in [5, 5.41) is 0.870. The summed E-state index contributed by atoms with van der Waals surface area (Å²) < 4.78 is 21.5. The monoisotopic (exact) mass is 520 g/mol. The Morgan fingerprint density at radius 2 is 1.84 bits per heavy atom. The first-order valence-corrected chi connectivity index (χ1v) is 12.8. The number of aromatic nitrogens is 3. The summed E-state index contributed by atoms with van der Waals surface area (Å²) in [6.07, 6.45) is 5.46. The number of hydrogen-bond acceptors (Lipinski definition) is 7. The molecule has 8 nitrogen and oxygen atoms in total. The Labute approximate surface area is 219 Å². The van der Waals surface area contributed by atoms with Gasteiger partial charge in [0.05, 0.1) is 29.4 Å². The topological polar surface area (TPSA) is 97.5 Å². The highest BCUT2D eigenvalue weighted by Crippen LogP contribution is 2.44. The van der Waals surface area contributed by atoms with E-state index in [4.69, 9.17) is 15.5 Å². The fourth-order valence-corrected chi connectivity index (χ4v) is 5.68. The Morgan fingerprint density at radius 3 is 2.51 bits per heavy atom. The number of nitrogen functional groups attached to an aromatic ring is 1. The van der Waals surface area contributed by atoms with Crippen molar-refractivity contribution in [1.29, 1.82) is 0 Å². The molecule has 2 aromatic heterocycles. The summed E-state index contributed by atoms with van der Waals surface area (Å²) in [6.45, 7) is 7.06. The van der Waals surface area contributed by atoms with Crippen LogP contribution >= 0.6 is 11.3 Å². The summed E-state index contributed by atoms with van der Waals surface area (Å²) in [5.41, 5.74) is 7.84. The van der Waals surface area contributed by atoms with Crippen LogP contribution in [0.4, 0.5) is 20.8 Å². The lowest BCUT2D eigenvalue weighted by Crippen LogP contribution is -2.36. The molecule has 192 valence electrons. The number of methoxy groups -OCH3 is 1. The van der Waals surface area contributed by atoms with Gasteiger partial charge in [0.2, 0.25) is 5.95 Å². The third-order valence-corrected chi connectivity index (χ3v) is 7.99. The number of nitrogens with zero attached hydrogens (tertiary/aromatic N) is 5. The first kappa shape index (κ1) is 24.9. The number of allylic oxidation sites excluding steroid dienone is 4. The van der Waals surface area contributed by atoms with Crippen molar-refractivity contribution in [3.8, 4) is 17.1 Å². The second-order valence-corrected chi connectivity index (χ2v) is 11.0. The number of amides is 2. The Hall–Kier alpha value is -3.79. The van der Waals surface area contributed by atoms with Gasteiger partial charge in [-0.25, -0.2) is 24.1 Å². The van der Waals surface area contributed by atoms with Crippen molar-refractivity contribution in [3.63, 3.8) is 0 Å². The van der Waals surface area contributed by atoms with Gasteiger partial charge >= 0.3 is 6.03 Å². The molecule has 2 unspecified atom stereocenters. The number of carbonyl (C=O) groups excluding carboxylic acids is 1. The van der Waals surface area contributed by atoms with Crippen LogP contribution in [0.2, 0.25) is 0 Å². The van der Waals surface area contributed by atoms with Gasteiger partial charge < -0.3 is 10.5 Å². The van der Waals surface area contributed by atoms with Crippen molar-refractivity contribution in [2.75, 3.05) is 30.8 Å². The second-order valence-electron chi connectivity index (χ2n) is 9.97. The van der Waals surface area contributed by atoms with E-state index in [0.717, 1.165) is 15.6 Å². The van der Waals surface area contributed by atoms with E-state index in [-0.39, 0.29) is 17.4 Å². The zero-order chi connectivity index (χ0) is 26.3. The fraction of sp³-hybridized carbons (Fsp3) is 0.333. The first-order valence-electron chi connectivity index (χ1n) is 12.0. The number of rotatable bonds is 5. The zero-order valence-electron chi connectivity index (χ0n) is 21.2. The second kappa shape index (κ2) is 9.59. The van der Waals surface area contributed by atoms with Crippen LogP contribution in [0, 0.1) is 0 Å². The molecule has 1 aliphatic heterocycles. The number of nitrogens with two attached hydrogens (primary N) is 1. The van der Waals surface area contributed by atoms with E-state index in [1.165, 1.54) is 16.2 Å². The van der Waals surface area contributed by atoms with Crippen molar-refractivity contribution in [2.45, 2.75) is 38.3 Å². The quantitative estimate of drug-likeness (QED) is 0.490. The van der Waals surface area contributed by atoms with E-state index in [0.29, 0.717) is 35.9 Å². The normalized spacial score (nSPS) is 19.9. The molecule has 2 aliphatic rings. The average Bonchev–Trinajstić information content (AvgIpc) is 3.49. The molecule has 0 saturated carbocycles. The van der Waals surface area contributed by atoms with Crippen molar-refractivity contribution >= 4 is 29.0 Å². The van der Waals surface area contributed by atoms with Crippen molar-refractivity contribution < 1.29 is 13.9 Å². The van der Waals surface area contributed by atoms with Crippen LogP contribution < -0.4 is 15.4 Å². The zero-order valence-corrected chi connectivity index (χ0v) is 22.0. The molecule has 5 rings (SSSR count). The largest absolute Gasteiger partial charge is 0.497 e. The number of hydrogen-bond donors (Lipinski definition) is 1.